The van der Waals surface area contributed by atoms with E-state index in [2.05, 4.69) is 60.6 Å². The van der Waals surface area contributed by atoms with Crippen molar-refractivity contribution in [3.05, 3.63) is 65.0 Å². The zero-order valence-electron chi connectivity index (χ0n) is 18.1. The van der Waals surface area contributed by atoms with E-state index < -0.39 is 0 Å². The molecular formula is C23H30N5O2+. The molecule has 0 spiro atoms. The van der Waals surface area contributed by atoms with Gasteiger partial charge in [-0.1, -0.05) is 31.2 Å². The molecule has 1 aromatic heterocycles. The van der Waals surface area contributed by atoms with Gasteiger partial charge in [0.15, 0.2) is 17.5 Å². The number of methoxy groups -OCH3 is 1. The Labute approximate surface area is 177 Å². The predicted molar refractivity (Wildman–Crippen MR) is 114 cm³/mol. The summed E-state index contributed by atoms with van der Waals surface area (Å²) in [5, 5.41) is 23.0. The Bertz CT molecular complexity index is 1030. The fraction of sp³-hybridized carbons (Fsp3) is 0.435. The molecule has 0 bridgehead atoms. The number of nitrogens with zero attached hydrogens (tertiary/aromatic N) is 4. The number of fused-ring (bicyclic) bond motifs is 1. The Morgan fingerprint density at radius 2 is 1.97 bits per heavy atom. The summed E-state index contributed by atoms with van der Waals surface area (Å²) in [6.45, 7) is 8.33. The molecular weight excluding hydrogens is 378 g/mol. The summed E-state index contributed by atoms with van der Waals surface area (Å²) in [6.07, 6.45) is 1.92. The van der Waals surface area contributed by atoms with E-state index in [1.165, 1.54) is 16.0 Å². The van der Waals surface area contributed by atoms with Crippen molar-refractivity contribution in [1.82, 2.24) is 20.2 Å². The van der Waals surface area contributed by atoms with Gasteiger partial charge in [0.1, 0.15) is 6.54 Å². The number of nitrogens with one attached hydrogen (secondary N) is 1. The number of hydrogen-bond donors (Lipinski definition) is 2. The number of phenolic OH excluding ortho intramolecular Hbond substituents is 1. The second-order valence-electron chi connectivity index (χ2n) is 8.58. The van der Waals surface area contributed by atoms with Gasteiger partial charge in [-0.2, -0.15) is 0 Å². The lowest BCUT2D eigenvalue weighted by Gasteiger charge is -2.34. The normalized spacial score (nSPS) is 17.4. The number of aromatic hydroxyl groups is 1. The SMILES string of the molecule is CCC(C)(C)n1nnnc1[C@H](c1ccc(O)c(OC)c1)[NH+]1CCc2ccccc2C1. The van der Waals surface area contributed by atoms with Crippen molar-refractivity contribution >= 4 is 0 Å². The lowest BCUT2D eigenvalue weighted by atomic mass is 9.95. The molecule has 4 rings (SSSR count). The molecule has 30 heavy (non-hydrogen) atoms. The van der Waals surface area contributed by atoms with Gasteiger partial charge in [0.2, 0.25) is 5.82 Å². The molecule has 158 valence electrons. The van der Waals surface area contributed by atoms with Crippen LogP contribution in [-0.2, 0) is 18.5 Å². The van der Waals surface area contributed by atoms with E-state index in [0.717, 1.165) is 37.3 Å². The summed E-state index contributed by atoms with van der Waals surface area (Å²) in [5.74, 6) is 1.43. The minimum Gasteiger partial charge on any atom is -0.504 e. The molecule has 0 saturated carbocycles. The number of hydrogen-bond acceptors (Lipinski definition) is 5. The third kappa shape index (κ3) is 3.65. The molecule has 0 saturated heterocycles. The first-order chi connectivity index (χ1) is 14.4. The smallest absolute Gasteiger partial charge is 0.214 e. The first-order valence-corrected chi connectivity index (χ1v) is 10.5. The third-order valence-corrected chi connectivity index (χ3v) is 6.39. The molecule has 0 amide bonds. The van der Waals surface area contributed by atoms with Crippen LogP contribution in [0.25, 0.3) is 0 Å². The summed E-state index contributed by atoms with van der Waals surface area (Å²) in [5.41, 5.74) is 3.60. The van der Waals surface area contributed by atoms with Crippen molar-refractivity contribution < 1.29 is 14.7 Å². The van der Waals surface area contributed by atoms with E-state index in [-0.39, 0.29) is 17.3 Å². The number of benzene rings is 2. The highest BCUT2D eigenvalue weighted by atomic mass is 16.5. The van der Waals surface area contributed by atoms with Crippen LogP contribution >= 0.6 is 0 Å². The van der Waals surface area contributed by atoms with Crippen LogP contribution in [0.15, 0.2) is 42.5 Å². The number of aromatic nitrogens is 4. The average molecular weight is 409 g/mol. The van der Waals surface area contributed by atoms with Gasteiger partial charge in [0.25, 0.3) is 0 Å². The van der Waals surface area contributed by atoms with E-state index in [0.29, 0.717) is 5.75 Å². The van der Waals surface area contributed by atoms with Crippen LogP contribution in [-0.4, -0.2) is 39.0 Å². The molecule has 0 fully saturated rings. The third-order valence-electron chi connectivity index (χ3n) is 6.39. The quantitative estimate of drug-likeness (QED) is 0.654. The molecule has 2 atom stereocenters. The molecule has 7 heteroatoms. The molecule has 2 aromatic carbocycles. The molecule has 1 aliphatic rings. The topological polar surface area (TPSA) is 77.5 Å². The van der Waals surface area contributed by atoms with Crippen molar-refractivity contribution in [3.63, 3.8) is 0 Å². The van der Waals surface area contributed by atoms with Crippen molar-refractivity contribution in [3.8, 4) is 11.5 Å². The highest BCUT2D eigenvalue weighted by Gasteiger charge is 2.37. The van der Waals surface area contributed by atoms with Gasteiger partial charge in [-0.05, 0) is 54.5 Å². The molecule has 3 aromatic rings. The van der Waals surface area contributed by atoms with Crippen LogP contribution in [0.1, 0.15) is 55.7 Å². The molecule has 2 N–H and O–H groups in total. The summed E-state index contributed by atoms with van der Waals surface area (Å²) in [7, 11) is 1.57. The van der Waals surface area contributed by atoms with Crippen molar-refractivity contribution in [1.29, 1.82) is 0 Å². The monoisotopic (exact) mass is 408 g/mol. The van der Waals surface area contributed by atoms with Gasteiger partial charge in [-0.15, -0.1) is 5.10 Å². The second-order valence-corrected chi connectivity index (χ2v) is 8.58. The van der Waals surface area contributed by atoms with Crippen LogP contribution in [0.2, 0.25) is 0 Å². The van der Waals surface area contributed by atoms with E-state index in [1.807, 2.05) is 16.8 Å². The van der Waals surface area contributed by atoms with E-state index in [1.54, 1.807) is 13.2 Å². The Balaban J connectivity index is 1.82. The number of phenols is 1. The van der Waals surface area contributed by atoms with Crippen LogP contribution in [0, 0.1) is 0 Å². The maximum absolute atomic E-state index is 10.1. The van der Waals surface area contributed by atoms with Gasteiger partial charge in [0, 0.05) is 17.5 Å². The van der Waals surface area contributed by atoms with Gasteiger partial charge < -0.3 is 14.7 Å². The van der Waals surface area contributed by atoms with Gasteiger partial charge >= 0.3 is 0 Å². The zero-order valence-corrected chi connectivity index (χ0v) is 18.1. The molecule has 0 radical (unpaired) electrons. The van der Waals surface area contributed by atoms with Crippen LogP contribution in [0.5, 0.6) is 11.5 Å². The fourth-order valence-corrected chi connectivity index (χ4v) is 4.24. The van der Waals surface area contributed by atoms with Gasteiger partial charge in [0.05, 0.1) is 19.2 Å². The zero-order chi connectivity index (χ0) is 21.3. The van der Waals surface area contributed by atoms with Crippen molar-refractivity contribution in [2.45, 2.75) is 51.7 Å². The Morgan fingerprint density at radius 3 is 2.70 bits per heavy atom. The molecule has 1 unspecified atom stereocenters. The molecule has 0 aliphatic carbocycles. The number of rotatable bonds is 6. The average Bonchev–Trinajstić information content (AvgIpc) is 3.25. The maximum atomic E-state index is 10.1. The Morgan fingerprint density at radius 1 is 1.20 bits per heavy atom. The van der Waals surface area contributed by atoms with Gasteiger partial charge in [-0.25, -0.2) is 4.68 Å². The highest BCUT2D eigenvalue weighted by molar-refractivity contribution is 5.43. The molecule has 1 aliphatic heterocycles. The minimum atomic E-state index is -0.203. The highest BCUT2D eigenvalue weighted by Crippen LogP contribution is 2.32. The lowest BCUT2D eigenvalue weighted by Crippen LogP contribution is -3.12. The predicted octanol–water partition coefficient (Wildman–Crippen LogP) is 2.26. The molecule has 2 heterocycles. The number of tetrazole rings is 1. The maximum Gasteiger partial charge on any atom is 0.214 e. The summed E-state index contributed by atoms with van der Waals surface area (Å²) in [4.78, 5) is 1.38. The summed E-state index contributed by atoms with van der Waals surface area (Å²) >= 11 is 0. The van der Waals surface area contributed by atoms with E-state index in [9.17, 15) is 5.11 Å². The Hall–Kier alpha value is -2.93. The minimum absolute atomic E-state index is 0.0753. The van der Waals surface area contributed by atoms with E-state index >= 15 is 0 Å². The van der Waals surface area contributed by atoms with E-state index in [4.69, 9.17) is 4.74 Å². The Kier molecular flexibility index (Phi) is 5.47. The van der Waals surface area contributed by atoms with Crippen LogP contribution in [0.3, 0.4) is 0 Å². The second kappa shape index (κ2) is 8.07. The first-order valence-electron chi connectivity index (χ1n) is 10.5. The largest absolute Gasteiger partial charge is 0.504 e. The first kappa shape index (κ1) is 20.3. The van der Waals surface area contributed by atoms with Crippen molar-refractivity contribution in [2.75, 3.05) is 13.7 Å². The van der Waals surface area contributed by atoms with Crippen molar-refractivity contribution in [2.24, 2.45) is 0 Å². The molecule has 7 nitrogen and oxygen atoms in total. The standard InChI is InChI=1S/C23H29N5O2/c1-5-23(2,3)28-22(24-25-26-28)21(17-10-11-19(29)20(14-17)30-4)27-13-12-16-8-6-7-9-18(16)15-27/h6-11,14,21,29H,5,12-13,15H2,1-4H3/p+1/t21-/m0/s1. The fourth-order valence-electron chi connectivity index (χ4n) is 4.24. The van der Waals surface area contributed by atoms with Gasteiger partial charge in [-0.3, -0.25) is 0 Å². The van der Waals surface area contributed by atoms with Crippen LogP contribution < -0.4 is 9.64 Å². The lowest BCUT2D eigenvalue weighted by molar-refractivity contribution is -0.942. The summed E-state index contributed by atoms with van der Waals surface area (Å²) < 4.78 is 7.36. The number of ether oxygens (including phenoxy) is 1. The number of quaternary nitrogens is 1. The summed E-state index contributed by atoms with van der Waals surface area (Å²) in [6, 6.07) is 14.1. The van der Waals surface area contributed by atoms with Crippen LogP contribution in [0.4, 0.5) is 0 Å².